The zero-order valence-corrected chi connectivity index (χ0v) is 18.2. The molecule has 1 aliphatic carbocycles. The predicted molar refractivity (Wildman–Crippen MR) is 118 cm³/mol. The number of benzene rings is 1. The van der Waals surface area contributed by atoms with Crippen molar-refractivity contribution in [1.82, 2.24) is 10.6 Å². The van der Waals surface area contributed by atoms with Crippen LogP contribution >= 0.6 is 24.0 Å². The minimum atomic E-state index is 0. The molecule has 0 aliphatic heterocycles. The normalized spacial score (nSPS) is 15.4. The van der Waals surface area contributed by atoms with Crippen molar-refractivity contribution in [3.63, 3.8) is 0 Å². The van der Waals surface area contributed by atoms with E-state index in [2.05, 4.69) is 22.5 Å². The summed E-state index contributed by atoms with van der Waals surface area (Å²) >= 11 is 0. The average Bonchev–Trinajstić information content (AvgIpc) is 2.66. The van der Waals surface area contributed by atoms with Crippen LogP contribution in [0.1, 0.15) is 56.6 Å². The topological polar surface area (TPSA) is 65.9 Å². The largest absolute Gasteiger partial charge is 0.392 e. The first-order valence-electron chi connectivity index (χ1n) is 9.65. The highest BCUT2D eigenvalue weighted by molar-refractivity contribution is 14.0. The molecule has 1 saturated carbocycles. The van der Waals surface area contributed by atoms with Gasteiger partial charge in [-0.25, -0.2) is 4.99 Å². The van der Waals surface area contributed by atoms with Crippen molar-refractivity contribution in [2.75, 3.05) is 19.7 Å². The fraction of sp³-hybridized carbons (Fsp3) is 0.650. The molecule has 0 heterocycles. The van der Waals surface area contributed by atoms with Gasteiger partial charge in [0.2, 0.25) is 0 Å². The maximum absolute atomic E-state index is 9.40. The molecule has 0 unspecified atom stereocenters. The van der Waals surface area contributed by atoms with Crippen LogP contribution in [-0.2, 0) is 17.9 Å². The summed E-state index contributed by atoms with van der Waals surface area (Å²) in [6.07, 6.45) is 7.90. The van der Waals surface area contributed by atoms with Crippen LogP contribution in [0.4, 0.5) is 0 Å². The molecule has 1 aliphatic rings. The quantitative estimate of drug-likeness (QED) is 0.221. The van der Waals surface area contributed by atoms with Gasteiger partial charge in [0.1, 0.15) is 0 Å². The molecular weight excluding hydrogens is 441 g/mol. The van der Waals surface area contributed by atoms with Crippen molar-refractivity contribution in [3.8, 4) is 0 Å². The second-order valence-electron chi connectivity index (χ2n) is 6.53. The molecule has 148 valence electrons. The van der Waals surface area contributed by atoms with Crippen molar-refractivity contribution < 1.29 is 9.84 Å². The van der Waals surface area contributed by atoms with Gasteiger partial charge >= 0.3 is 0 Å². The molecule has 1 aromatic rings. The minimum Gasteiger partial charge on any atom is -0.392 e. The Kier molecular flexibility index (Phi) is 12.7. The molecule has 6 heteroatoms. The average molecular weight is 475 g/mol. The molecule has 0 saturated heterocycles. The van der Waals surface area contributed by atoms with Gasteiger partial charge in [-0.3, -0.25) is 0 Å². The first-order valence-corrected chi connectivity index (χ1v) is 9.65. The molecule has 0 radical (unpaired) electrons. The summed E-state index contributed by atoms with van der Waals surface area (Å²) in [7, 11) is 0. The van der Waals surface area contributed by atoms with Gasteiger partial charge in [0, 0.05) is 19.7 Å². The molecule has 2 rings (SSSR count). The van der Waals surface area contributed by atoms with E-state index in [1.165, 1.54) is 32.1 Å². The third-order valence-electron chi connectivity index (χ3n) is 4.56. The third-order valence-corrected chi connectivity index (χ3v) is 4.56. The highest BCUT2D eigenvalue weighted by Gasteiger charge is 2.12. The summed E-state index contributed by atoms with van der Waals surface area (Å²) in [5.74, 6) is 0.813. The number of aliphatic imine (C=N–C) groups is 1. The monoisotopic (exact) mass is 475 g/mol. The maximum Gasteiger partial charge on any atom is 0.191 e. The standard InChI is InChI=1S/C20H33N3O2.HI/c1-2-21-20(23-15-17-9-6-7-10-18(17)16-24)22-13-8-14-25-19-11-4-3-5-12-19;/h6-7,9-10,19,24H,2-5,8,11-16H2,1H3,(H2,21,22,23);1H. The summed E-state index contributed by atoms with van der Waals surface area (Å²) in [5, 5.41) is 16.0. The Labute approximate surface area is 175 Å². The summed E-state index contributed by atoms with van der Waals surface area (Å²) in [5.41, 5.74) is 1.99. The van der Waals surface area contributed by atoms with E-state index >= 15 is 0 Å². The van der Waals surface area contributed by atoms with Crippen molar-refractivity contribution in [3.05, 3.63) is 35.4 Å². The number of ether oxygens (including phenoxy) is 1. The summed E-state index contributed by atoms with van der Waals surface area (Å²) in [4.78, 5) is 4.62. The molecule has 1 aromatic carbocycles. The Bertz CT molecular complexity index is 520. The highest BCUT2D eigenvalue weighted by Crippen LogP contribution is 2.20. The van der Waals surface area contributed by atoms with Crippen LogP contribution in [0.5, 0.6) is 0 Å². The van der Waals surface area contributed by atoms with E-state index in [0.717, 1.165) is 43.2 Å². The lowest BCUT2D eigenvalue weighted by Crippen LogP contribution is -2.38. The van der Waals surface area contributed by atoms with Crippen LogP contribution < -0.4 is 10.6 Å². The van der Waals surface area contributed by atoms with Crippen molar-refractivity contribution in [1.29, 1.82) is 0 Å². The lowest BCUT2D eigenvalue weighted by molar-refractivity contribution is 0.0277. The van der Waals surface area contributed by atoms with E-state index in [0.29, 0.717) is 12.6 Å². The number of aliphatic hydroxyl groups excluding tert-OH is 1. The van der Waals surface area contributed by atoms with Gasteiger partial charge in [-0.15, -0.1) is 24.0 Å². The number of rotatable bonds is 9. The van der Waals surface area contributed by atoms with Gasteiger partial charge < -0.3 is 20.5 Å². The Morgan fingerprint density at radius 2 is 1.88 bits per heavy atom. The lowest BCUT2D eigenvalue weighted by atomic mass is 9.98. The van der Waals surface area contributed by atoms with E-state index in [9.17, 15) is 5.11 Å². The van der Waals surface area contributed by atoms with Gasteiger partial charge in [-0.1, -0.05) is 43.5 Å². The van der Waals surface area contributed by atoms with Gasteiger partial charge in [0.15, 0.2) is 5.96 Å². The molecule has 0 atom stereocenters. The number of nitrogens with one attached hydrogen (secondary N) is 2. The zero-order chi connectivity index (χ0) is 17.7. The van der Waals surface area contributed by atoms with E-state index in [1.807, 2.05) is 24.3 Å². The number of halogens is 1. The highest BCUT2D eigenvalue weighted by atomic mass is 127. The second kappa shape index (κ2) is 14.2. The summed E-state index contributed by atoms with van der Waals surface area (Å²) in [6, 6.07) is 7.87. The maximum atomic E-state index is 9.40. The van der Waals surface area contributed by atoms with Crippen LogP contribution in [-0.4, -0.2) is 36.9 Å². The summed E-state index contributed by atoms with van der Waals surface area (Å²) in [6.45, 7) is 5.15. The van der Waals surface area contributed by atoms with Crippen molar-refractivity contribution in [2.24, 2.45) is 4.99 Å². The van der Waals surface area contributed by atoms with Crippen LogP contribution in [0.15, 0.2) is 29.3 Å². The van der Waals surface area contributed by atoms with Gasteiger partial charge in [0.25, 0.3) is 0 Å². The van der Waals surface area contributed by atoms with Crippen LogP contribution in [0.3, 0.4) is 0 Å². The molecule has 26 heavy (non-hydrogen) atoms. The fourth-order valence-corrected chi connectivity index (χ4v) is 3.13. The molecule has 1 fully saturated rings. The smallest absolute Gasteiger partial charge is 0.191 e. The van der Waals surface area contributed by atoms with E-state index < -0.39 is 0 Å². The fourth-order valence-electron chi connectivity index (χ4n) is 3.13. The predicted octanol–water partition coefficient (Wildman–Crippen LogP) is 3.59. The molecule has 0 spiro atoms. The number of nitrogens with zero attached hydrogens (tertiary/aromatic N) is 1. The number of guanidine groups is 1. The van der Waals surface area contributed by atoms with Crippen LogP contribution in [0.2, 0.25) is 0 Å². The Morgan fingerprint density at radius 3 is 2.58 bits per heavy atom. The molecular formula is C20H34IN3O2. The SMILES string of the molecule is CCNC(=NCc1ccccc1CO)NCCCOC1CCCCC1.I. The van der Waals surface area contributed by atoms with E-state index in [1.54, 1.807) is 0 Å². The number of hydrogen-bond acceptors (Lipinski definition) is 3. The van der Waals surface area contributed by atoms with Gasteiger partial charge in [-0.05, 0) is 37.3 Å². The Balaban J connectivity index is 0.00000338. The first kappa shape index (κ1) is 23.2. The molecule has 0 aromatic heterocycles. The minimum absolute atomic E-state index is 0. The molecule has 0 amide bonds. The Hall–Kier alpha value is -0.860. The molecule has 3 N–H and O–H groups in total. The first-order chi connectivity index (χ1) is 12.3. The van der Waals surface area contributed by atoms with Crippen molar-refractivity contribution in [2.45, 2.75) is 64.7 Å². The van der Waals surface area contributed by atoms with Gasteiger partial charge in [0.05, 0.1) is 19.3 Å². The lowest BCUT2D eigenvalue weighted by Gasteiger charge is -2.22. The number of hydrogen-bond donors (Lipinski definition) is 3. The summed E-state index contributed by atoms with van der Waals surface area (Å²) < 4.78 is 5.96. The molecule has 0 bridgehead atoms. The van der Waals surface area contributed by atoms with E-state index in [4.69, 9.17) is 4.74 Å². The van der Waals surface area contributed by atoms with Crippen molar-refractivity contribution >= 4 is 29.9 Å². The zero-order valence-electron chi connectivity index (χ0n) is 15.9. The molecule has 5 nitrogen and oxygen atoms in total. The third kappa shape index (κ3) is 8.68. The van der Waals surface area contributed by atoms with Crippen LogP contribution in [0.25, 0.3) is 0 Å². The Morgan fingerprint density at radius 1 is 1.15 bits per heavy atom. The second-order valence-corrected chi connectivity index (χ2v) is 6.53. The van der Waals surface area contributed by atoms with E-state index in [-0.39, 0.29) is 30.6 Å². The van der Waals surface area contributed by atoms with Crippen LogP contribution in [0, 0.1) is 0 Å². The number of aliphatic hydroxyl groups is 1. The van der Waals surface area contributed by atoms with Gasteiger partial charge in [-0.2, -0.15) is 0 Å².